The highest BCUT2D eigenvalue weighted by Crippen LogP contribution is 2.37. The van der Waals surface area contributed by atoms with Gasteiger partial charge in [-0.1, -0.05) is 50.6 Å². The molecule has 1 aromatic heterocycles. The van der Waals surface area contributed by atoms with E-state index in [1.165, 1.54) is 5.56 Å². The molecule has 0 saturated heterocycles. The lowest BCUT2D eigenvalue weighted by Gasteiger charge is -2.26. The first-order chi connectivity index (χ1) is 15.9. The average molecular weight is 465 g/mol. The van der Waals surface area contributed by atoms with Crippen molar-refractivity contribution in [3.63, 3.8) is 0 Å². The number of halogens is 1. The van der Waals surface area contributed by atoms with E-state index in [2.05, 4.69) is 22.4 Å². The minimum atomic E-state index is -0.316. The lowest BCUT2D eigenvalue weighted by Crippen LogP contribution is -2.35. The number of aryl methyl sites for hydroxylation is 2. The summed E-state index contributed by atoms with van der Waals surface area (Å²) in [5, 5.41) is 6.59. The Bertz CT molecular complexity index is 1130. The largest absolute Gasteiger partial charge is 0.326 e. The number of rotatable bonds is 8. The van der Waals surface area contributed by atoms with Crippen molar-refractivity contribution in [2.24, 2.45) is 5.18 Å². The third-order valence-corrected chi connectivity index (χ3v) is 6.05. The van der Waals surface area contributed by atoms with Crippen molar-refractivity contribution in [1.29, 1.82) is 0 Å². The molecule has 33 heavy (non-hydrogen) atoms. The topological polar surface area (TPSA) is 74.7 Å². The highest BCUT2D eigenvalue weighted by Gasteiger charge is 2.22. The molecule has 2 amide bonds. The fourth-order valence-corrected chi connectivity index (χ4v) is 4.13. The smallest absolute Gasteiger partial charge is 0.307 e. The summed E-state index contributed by atoms with van der Waals surface area (Å²) in [4.78, 5) is 31.1. The van der Waals surface area contributed by atoms with Gasteiger partial charge in [-0.3, -0.25) is 9.88 Å². The fourth-order valence-electron chi connectivity index (χ4n) is 3.80. The fraction of sp³-hybridized carbons (Fsp3) is 0.308. The van der Waals surface area contributed by atoms with Crippen LogP contribution < -0.4 is 10.2 Å². The van der Waals surface area contributed by atoms with Crippen molar-refractivity contribution in [2.45, 2.75) is 53.5 Å². The van der Waals surface area contributed by atoms with Crippen LogP contribution >= 0.6 is 11.6 Å². The van der Waals surface area contributed by atoms with E-state index < -0.39 is 0 Å². The number of anilines is 2. The van der Waals surface area contributed by atoms with E-state index in [0.717, 1.165) is 28.9 Å². The predicted molar refractivity (Wildman–Crippen MR) is 136 cm³/mol. The van der Waals surface area contributed by atoms with E-state index in [1.807, 2.05) is 57.2 Å². The van der Waals surface area contributed by atoms with Crippen LogP contribution in [-0.2, 0) is 25.8 Å². The molecule has 0 aliphatic heterocycles. The first kappa shape index (κ1) is 24.4. The number of aromatic nitrogens is 1. The minimum absolute atomic E-state index is 0.247. The Balaban J connectivity index is 2.03. The summed E-state index contributed by atoms with van der Waals surface area (Å²) >= 11 is 6.43. The second-order valence-corrected chi connectivity index (χ2v) is 8.26. The van der Waals surface area contributed by atoms with Crippen LogP contribution in [0.15, 0.2) is 53.8 Å². The molecule has 0 atom stereocenters. The average Bonchev–Trinajstić information content (AvgIpc) is 2.83. The van der Waals surface area contributed by atoms with Crippen LogP contribution in [0.2, 0.25) is 5.02 Å². The van der Waals surface area contributed by atoms with Gasteiger partial charge in [-0.05, 0) is 72.3 Å². The van der Waals surface area contributed by atoms with Gasteiger partial charge in [0, 0.05) is 28.2 Å². The van der Waals surface area contributed by atoms with Crippen LogP contribution in [0.5, 0.6) is 0 Å². The number of urea groups is 1. The van der Waals surface area contributed by atoms with Gasteiger partial charge in [0.2, 0.25) is 0 Å². The number of nitroso groups, excluding NO2 is 1. The summed E-state index contributed by atoms with van der Waals surface area (Å²) in [6.07, 6.45) is 3.83. The number of pyridine rings is 1. The van der Waals surface area contributed by atoms with E-state index in [-0.39, 0.29) is 11.7 Å². The number of hydrogen-bond donors (Lipinski definition) is 1. The highest BCUT2D eigenvalue weighted by atomic mass is 35.5. The van der Waals surface area contributed by atoms with Gasteiger partial charge >= 0.3 is 6.03 Å². The number of nitrogens with zero attached hydrogens (tertiary/aromatic N) is 3. The van der Waals surface area contributed by atoms with Gasteiger partial charge < -0.3 is 5.32 Å². The Kier molecular flexibility index (Phi) is 8.17. The molecule has 1 heterocycles. The van der Waals surface area contributed by atoms with Crippen LogP contribution in [0, 0.1) is 11.8 Å². The Morgan fingerprint density at radius 1 is 1.00 bits per heavy atom. The summed E-state index contributed by atoms with van der Waals surface area (Å²) in [5.41, 5.74) is 6.04. The molecular formula is C26H29ClN4O2. The Morgan fingerprint density at radius 2 is 1.67 bits per heavy atom. The summed E-state index contributed by atoms with van der Waals surface area (Å²) in [5.74, 6) is 0. The second-order valence-electron chi connectivity index (χ2n) is 7.85. The monoisotopic (exact) mass is 464 g/mol. The summed E-state index contributed by atoms with van der Waals surface area (Å²) in [6.45, 7) is 8.24. The maximum atomic E-state index is 13.6. The van der Waals surface area contributed by atoms with Crippen molar-refractivity contribution in [3.8, 4) is 0 Å². The van der Waals surface area contributed by atoms with E-state index in [4.69, 9.17) is 11.6 Å². The first-order valence-electron chi connectivity index (χ1n) is 11.2. The Labute approximate surface area is 200 Å². The summed E-state index contributed by atoms with van der Waals surface area (Å²) in [7, 11) is 0. The molecule has 3 rings (SSSR count). The van der Waals surface area contributed by atoms with Crippen LogP contribution in [-0.4, -0.2) is 11.0 Å². The van der Waals surface area contributed by atoms with E-state index >= 15 is 0 Å². The van der Waals surface area contributed by atoms with Gasteiger partial charge in [0.15, 0.2) is 0 Å². The SMILES string of the molecule is CCc1ccc(N(Cc2ccc(C)nc2)C(=O)Nc2c(CC)c(Cl)cc(N=O)c2CC)cc1. The van der Waals surface area contributed by atoms with Gasteiger partial charge in [-0.25, -0.2) is 4.79 Å². The zero-order chi connectivity index (χ0) is 24.0. The summed E-state index contributed by atoms with van der Waals surface area (Å²) in [6, 6.07) is 13.1. The number of carbonyl (C=O) groups excluding carboxylic acids is 1. The molecular weight excluding hydrogens is 436 g/mol. The molecule has 0 bridgehead atoms. The number of carbonyl (C=O) groups is 1. The Hall–Kier alpha value is -3.25. The predicted octanol–water partition coefficient (Wildman–Crippen LogP) is 7.37. The molecule has 0 radical (unpaired) electrons. The van der Waals surface area contributed by atoms with Gasteiger partial charge in [0.1, 0.15) is 5.69 Å². The molecule has 0 aliphatic rings. The van der Waals surface area contributed by atoms with Crippen molar-refractivity contribution >= 4 is 34.7 Å². The van der Waals surface area contributed by atoms with Gasteiger partial charge in [-0.2, -0.15) is 0 Å². The van der Waals surface area contributed by atoms with E-state index in [9.17, 15) is 9.70 Å². The van der Waals surface area contributed by atoms with Crippen molar-refractivity contribution in [1.82, 2.24) is 4.98 Å². The zero-order valence-corrected chi connectivity index (χ0v) is 20.2. The molecule has 172 valence electrons. The van der Waals surface area contributed by atoms with Crippen LogP contribution in [0.4, 0.5) is 21.9 Å². The summed E-state index contributed by atoms with van der Waals surface area (Å²) < 4.78 is 0. The number of amides is 2. The van der Waals surface area contributed by atoms with Gasteiger partial charge in [0.25, 0.3) is 0 Å². The molecule has 0 aliphatic carbocycles. The lowest BCUT2D eigenvalue weighted by molar-refractivity contribution is 0.256. The first-order valence-corrected chi connectivity index (χ1v) is 11.6. The third kappa shape index (κ3) is 5.57. The van der Waals surface area contributed by atoms with Crippen molar-refractivity contribution < 1.29 is 4.79 Å². The maximum Gasteiger partial charge on any atom is 0.326 e. The normalized spacial score (nSPS) is 10.7. The third-order valence-electron chi connectivity index (χ3n) is 5.72. The maximum absolute atomic E-state index is 13.6. The van der Waals surface area contributed by atoms with E-state index in [1.54, 1.807) is 17.2 Å². The van der Waals surface area contributed by atoms with Crippen LogP contribution in [0.3, 0.4) is 0 Å². The highest BCUT2D eigenvalue weighted by molar-refractivity contribution is 6.32. The van der Waals surface area contributed by atoms with Gasteiger partial charge in [0.05, 0.1) is 12.2 Å². The molecule has 1 N–H and O–H groups in total. The molecule has 0 spiro atoms. The second kappa shape index (κ2) is 11.1. The number of benzene rings is 2. The molecule has 0 unspecified atom stereocenters. The molecule has 0 saturated carbocycles. The lowest BCUT2D eigenvalue weighted by atomic mass is 10.0. The zero-order valence-electron chi connectivity index (χ0n) is 19.5. The number of hydrogen-bond acceptors (Lipinski definition) is 4. The molecule has 2 aromatic carbocycles. The standard InChI is InChI=1S/C26H29ClN4O2/c1-5-18-10-12-20(13-11-18)31(16-19-9-8-17(4)28-15-19)26(32)29-25-21(6-2)23(27)14-24(30-33)22(25)7-3/h8-15H,5-7,16H2,1-4H3,(H,29,32). The molecule has 0 fully saturated rings. The van der Waals surface area contributed by atoms with Crippen molar-refractivity contribution in [2.75, 3.05) is 10.2 Å². The van der Waals surface area contributed by atoms with Crippen LogP contribution in [0.1, 0.15) is 48.7 Å². The van der Waals surface area contributed by atoms with Gasteiger partial charge in [-0.15, -0.1) is 4.91 Å². The quantitative estimate of drug-likeness (QED) is 0.353. The van der Waals surface area contributed by atoms with Crippen LogP contribution in [0.25, 0.3) is 0 Å². The Morgan fingerprint density at radius 3 is 2.21 bits per heavy atom. The molecule has 3 aromatic rings. The number of nitrogens with one attached hydrogen (secondary N) is 1. The molecule has 6 nitrogen and oxygen atoms in total. The minimum Gasteiger partial charge on any atom is -0.307 e. The molecule has 7 heteroatoms. The van der Waals surface area contributed by atoms with Crippen molar-refractivity contribution in [3.05, 3.63) is 86.5 Å². The van der Waals surface area contributed by atoms with E-state index in [0.29, 0.717) is 35.7 Å².